The topological polar surface area (TPSA) is 75.1 Å². The molecule has 0 unspecified atom stereocenters. The summed E-state index contributed by atoms with van der Waals surface area (Å²) in [5.41, 5.74) is 6.58. The summed E-state index contributed by atoms with van der Waals surface area (Å²) in [5.74, 6) is 0.417. The molecule has 1 aliphatic rings. The summed E-state index contributed by atoms with van der Waals surface area (Å²) in [6, 6.07) is 13.2. The van der Waals surface area contributed by atoms with Crippen molar-refractivity contribution in [2.75, 3.05) is 5.32 Å². The van der Waals surface area contributed by atoms with E-state index in [0.29, 0.717) is 17.3 Å². The van der Waals surface area contributed by atoms with Gasteiger partial charge in [0.2, 0.25) is 5.91 Å². The van der Waals surface area contributed by atoms with Crippen LogP contribution < -0.4 is 5.32 Å². The second kappa shape index (κ2) is 8.31. The third kappa shape index (κ3) is 4.16. The van der Waals surface area contributed by atoms with Crippen LogP contribution in [-0.4, -0.2) is 21.0 Å². The highest BCUT2D eigenvalue weighted by Gasteiger charge is 2.22. The summed E-state index contributed by atoms with van der Waals surface area (Å²) in [5, 5.41) is 13.0. The number of aryl methyl sites for hydroxylation is 3. The molecule has 4 rings (SSSR count). The van der Waals surface area contributed by atoms with Gasteiger partial charge in [0.05, 0.1) is 30.1 Å². The van der Waals surface area contributed by atoms with Crippen LogP contribution >= 0.6 is 11.6 Å². The molecule has 2 aromatic carbocycles. The number of rotatable bonds is 5. The molecule has 29 heavy (non-hydrogen) atoms. The third-order valence-electron chi connectivity index (χ3n) is 5.15. The molecule has 0 radical (unpaired) electrons. The van der Waals surface area contributed by atoms with Crippen LogP contribution in [0.1, 0.15) is 35.0 Å². The molecule has 0 spiro atoms. The van der Waals surface area contributed by atoms with Gasteiger partial charge in [0.15, 0.2) is 5.82 Å². The van der Waals surface area contributed by atoms with Gasteiger partial charge in [0.1, 0.15) is 0 Å². The van der Waals surface area contributed by atoms with Crippen molar-refractivity contribution >= 4 is 23.3 Å². The van der Waals surface area contributed by atoms with Crippen LogP contribution in [0.3, 0.4) is 0 Å². The number of nitrogens with zero attached hydrogens (tertiary/aromatic N) is 2. The summed E-state index contributed by atoms with van der Waals surface area (Å²) in [4.78, 5) is 22.1. The van der Waals surface area contributed by atoms with Crippen LogP contribution in [0.4, 0.5) is 5.82 Å². The summed E-state index contributed by atoms with van der Waals surface area (Å²) in [7, 11) is 0. The smallest absolute Gasteiger partial charge is 0.229 e. The SMILES string of the molecule is CCc1nc2c(nc1NC(=O)Cc1ccc(Cl)cc1)CCc1cc(CO)ccc1-2. The quantitative estimate of drug-likeness (QED) is 0.666. The molecule has 1 amide bonds. The predicted octanol–water partition coefficient (Wildman–Crippen LogP) is 4.13. The van der Waals surface area contributed by atoms with E-state index in [1.807, 2.05) is 37.3 Å². The van der Waals surface area contributed by atoms with Crippen LogP contribution in [0.15, 0.2) is 42.5 Å². The van der Waals surface area contributed by atoms with Gasteiger partial charge in [-0.15, -0.1) is 0 Å². The molecule has 1 aliphatic carbocycles. The normalized spacial score (nSPS) is 12.2. The van der Waals surface area contributed by atoms with Crippen LogP contribution in [0.5, 0.6) is 0 Å². The minimum absolute atomic E-state index is 0.0324. The maximum atomic E-state index is 12.5. The first-order valence-corrected chi connectivity index (χ1v) is 10.1. The Bertz CT molecular complexity index is 1060. The lowest BCUT2D eigenvalue weighted by molar-refractivity contribution is -0.115. The lowest BCUT2D eigenvalue weighted by atomic mass is 9.90. The molecule has 148 valence electrons. The van der Waals surface area contributed by atoms with Crippen LogP contribution in [0, 0.1) is 0 Å². The van der Waals surface area contributed by atoms with Crippen molar-refractivity contribution < 1.29 is 9.90 Å². The number of hydrogen-bond acceptors (Lipinski definition) is 4. The van der Waals surface area contributed by atoms with E-state index in [1.54, 1.807) is 12.1 Å². The van der Waals surface area contributed by atoms with E-state index < -0.39 is 0 Å². The Balaban J connectivity index is 1.60. The molecule has 0 fully saturated rings. The highest BCUT2D eigenvalue weighted by molar-refractivity contribution is 6.30. The van der Waals surface area contributed by atoms with E-state index >= 15 is 0 Å². The largest absolute Gasteiger partial charge is 0.392 e. The van der Waals surface area contributed by atoms with E-state index in [0.717, 1.165) is 46.6 Å². The average molecular weight is 408 g/mol. The Morgan fingerprint density at radius 2 is 1.86 bits per heavy atom. The number of aliphatic hydroxyl groups is 1. The Kier molecular flexibility index (Phi) is 5.60. The van der Waals surface area contributed by atoms with Crippen molar-refractivity contribution in [1.82, 2.24) is 9.97 Å². The first-order chi connectivity index (χ1) is 14.1. The molecular weight excluding hydrogens is 386 g/mol. The molecule has 1 heterocycles. The molecule has 3 aromatic rings. The van der Waals surface area contributed by atoms with Crippen molar-refractivity contribution in [1.29, 1.82) is 0 Å². The van der Waals surface area contributed by atoms with Gasteiger partial charge in [-0.3, -0.25) is 4.79 Å². The fourth-order valence-electron chi connectivity index (χ4n) is 3.64. The molecule has 0 saturated carbocycles. The monoisotopic (exact) mass is 407 g/mol. The van der Waals surface area contributed by atoms with Crippen LogP contribution in [-0.2, 0) is 37.1 Å². The maximum Gasteiger partial charge on any atom is 0.229 e. The zero-order valence-electron chi connectivity index (χ0n) is 16.2. The second-order valence-electron chi connectivity index (χ2n) is 7.17. The summed E-state index contributed by atoms with van der Waals surface area (Å²) in [6.07, 6.45) is 2.52. The Hall–Kier alpha value is -2.76. The number of carbonyl (C=O) groups is 1. The predicted molar refractivity (Wildman–Crippen MR) is 114 cm³/mol. The molecule has 5 nitrogen and oxygen atoms in total. The van der Waals surface area contributed by atoms with E-state index in [2.05, 4.69) is 5.32 Å². The number of hydrogen-bond donors (Lipinski definition) is 2. The van der Waals surface area contributed by atoms with Gasteiger partial charge in [-0.05, 0) is 48.1 Å². The number of benzene rings is 2. The first-order valence-electron chi connectivity index (χ1n) is 9.74. The molecule has 2 N–H and O–H groups in total. The van der Waals surface area contributed by atoms with Crippen molar-refractivity contribution in [2.45, 2.75) is 39.2 Å². The lowest BCUT2D eigenvalue weighted by Crippen LogP contribution is -2.19. The highest BCUT2D eigenvalue weighted by atomic mass is 35.5. The number of carbonyl (C=O) groups excluding carboxylic acids is 1. The Morgan fingerprint density at radius 1 is 1.10 bits per heavy atom. The summed E-state index contributed by atoms with van der Waals surface area (Å²) >= 11 is 5.91. The minimum atomic E-state index is -0.125. The number of aromatic nitrogens is 2. The van der Waals surface area contributed by atoms with E-state index in [1.165, 1.54) is 5.56 Å². The number of nitrogens with one attached hydrogen (secondary N) is 1. The van der Waals surface area contributed by atoms with Gasteiger partial charge in [-0.1, -0.05) is 48.9 Å². The van der Waals surface area contributed by atoms with Gasteiger partial charge in [-0.2, -0.15) is 0 Å². The van der Waals surface area contributed by atoms with Crippen molar-refractivity contribution in [2.24, 2.45) is 0 Å². The maximum absolute atomic E-state index is 12.5. The molecule has 6 heteroatoms. The average Bonchev–Trinajstić information content (AvgIpc) is 2.74. The number of amides is 1. The van der Waals surface area contributed by atoms with Crippen LogP contribution in [0.25, 0.3) is 11.3 Å². The number of aliphatic hydroxyl groups excluding tert-OH is 1. The molecular formula is C23H22ClN3O2. The van der Waals surface area contributed by atoms with Gasteiger partial charge in [-0.25, -0.2) is 9.97 Å². The molecule has 1 aromatic heterocycles. The molecule has 0 atom stereocenters. The van der Waals surface area contributed by atoms with Gasteiger partial charge >= 0.3 is 0 Å². The van der Waals surface area contributed by atoms with Gasteiger partial charge in [0.25, 0.3) is 0 Å². The number of halogens is 1. The standard InChI is InChI=1S/C23H22ClN3O2/c1-2-19-23(27-21(29)12-14-3-7-17(24)8-4-14)26-20-10-6-16-11-15(13-28)5-9-18(16)22(20)25-19/h3-5,7-9,11,28H,2,6,10,12-13H2,1H3,(H,26,27,29). The zero-order chi connectivity index (χ0) is 20.4. The van der Waals surface area contributed by atoms with Crippen molar-refractivity contribution in [3.63, 3.8) is 0 Å². The van der Waals surface area contributed by atoms with Gasteiger partial charge in [0, 0.05) is 10.6 Å². The van der Waals surface area contributed by atoms with E-state index in [4.69, 9.17) is 21.6 Å². The molecule has 0 bridgehead atoms. The number of anilines is 1. The third-order valence-corrected chi connectivity index (χ3v) is 5.40. The van der Waals surface area contributed by atoms with Gasteiger partial charge < -0.3 is 10.4 Å². The lowest BCUT2D eigenvalue weighted by Gasteiger charge is -2.21. The first kappa shape index (κ1) is 19.6. The minimum Gasteiger partial charge on any atom is -0.392 e. The number of fused-ring (bicyclic) bond motifs is 3. The summed E-state index contributed by atoms with van der Waals surface area (Å²) in [6.45, 7) is 2.04. The Morgan fingerprint density at radius 3 is 2.59 bits per heavy atom. The van der Waals surface area contributed by atoms with Crippen molar-refractivity contribution in [3.8, 4) is 11.3 Å². The highest BCUT2D eigenvalue weighted by Crippen LogP contribution is 2.33. The van der Waals surface area contributed by atoms with E-state index in [-0.39, 0.29) is 18.9 Å². The van der Waals surface area contributed by atoms with E-state index in [9.17, 15) is 9.90 Å². The fraction of sp³-hybridized carbons (Fsp3) is 0.261. The summed E-state index contributed by atoms with van der Waals surface area (Å²) < 4.78 is 0. The van der Waals surface area contributed by atoms with Crippen molar-refractivity contribution in [3.05, 3.63) is 75.6 Å². The fourth-order valence-corrected chi connectivity index (χ4v) is 3.77. The molecule has 0 aliphatic heterocycles. The zero-order valence-corrected chi connectivity index (χ0v) is 17.0. The van der Waals surface area contributed by atoms with Crippen LogP contribution in [0.2, 0.25) is 5.02 Å². The Labute approximate surface area is 174 Å². The molecule has 0 saturated heterocycles. The second-order valence-corrected chi connectivity index (χ2v) is 7.61.